The minimum absolute atomic E-state index is 0.0673. The topological polar surface area (TPSA) is 115 Å². The first-order chi connectivity index (χ1) is 11.6. The number of nitriles is 2. The molecule has 4 N–H and O–H groups in total. The van der Waals surface area contributed by atoms with E-state index in [4.69, 9.17) is 16.3 Å². The van der Waals surface area contributed by atoms with Crippen LogP contribution in [0.5, 0.6) is 0 Å². The highest BCUT2D eigenvalue weighted by molar-refractivity contribution is 8.03. The van der Waals surface area contributed by atoms with E-state index < -0.39 is 5.91 Å². The molecule has 0 aliphatic rings. The second kappa shape index (κ2) is 8.28. The molecule has 0 heterocycles. The Bertz CT molecular complexity index is 829. The average molecular weight is 335 g/mol. The van der Waals surface area contributed by atoms with Gasteiger partial charge < -0.3 is 16.4 Å². The first-order valence-electron chi connectivity index (χ1n) is 6.82. The van der Waals surface area contributed by atoms with Gasteiger partial charge in [0.25, 0.3) is 5.91 Å². The van der Waals surface area contributed by atoms with Crippen LogP contribution in [-0.4, -0.2) is 5.91 Å². The number of carbonyl (C=O) groups excluding carboxylic acids is 1. The molecule has 0 unspecified atom stereocenters. The van der Waals surface area contributed by atoms with Gasteiger partial charge in [-0.05, 0) is 60.3 Å². The predicted octanol–water partition coefficient (Wildman–Crippen LogP) is 3.30. The summed E-state index contributed by atoms with van der Waals surface area (Å²) in [5.41, 5.74) is 7.35. The lowest BCUT2D eigenvalue weighted by atomic mass is 10.2. The molecule has 0 aromatic heterocycles. The van der Waals surface area contributed by atoms with Gasteiger partial charge in [-0.25, -0.2) is 0 Å². The van der Waals surface area contributed by atoms with Crippen molar-refractivity contribution in [2.24, 2.45) is 0 Å². The Balaban J connectivity index is 2.03. The standard InChI is InChI=1S/C17H13N5OS/c18-9-12(17(23)22-15-3-1-13(20)2-4-15)10-21-14-5-7-16(8-6-14)24-11-19/h1-8,10,21H,20H2,(H,22,23)/b12-10-. The molecular weight excluding hydrogens is 322 g/mol. The van der Waals surface area contributed by atoms with Gasteiger partial charge in [-0.3, -0.25) is 4.79 Å². The van der Waals surface area contributed by atoms with Crippen molar-refractivity contribution in [3.63, 3.8) is 0 Å². The van der Waals surface area contributed by atoms with Crippen molar-refractivity contribution in [3.05, 3.63) is 60.3 Å². The average Bonchev–Trinajstić information content (AvgIpc) is 2.59. The normalized spacial score (nSPS) is 10.3. The van der Waals surface area contributed by atoms with Gasteiger partial charge in [0.1, 0.15) is 17.0 Å². The van der Waals surface area contributed by atoms with E-state index in [0.29, 0.717) is 17.1 Å². The monoisotopic (exact) mass is 335 g/mol. The third-order valence-electron chi connectivity index (χ3n) is 2.93. The zero-order chi connectivity index (χ0) is 17.4. The number of nitrogens with two attached hydrogens (primary N) is 1. The quantitative estimate of drug-likeness (QED) is 0.254. The number of hydrogen-bond acceptors (Lipinski definition) is 6. The Kier molecular flexibility index (Phi) is 5.84. The fraction of sp³-hybridized carbons (Fsp3) is 0. The largest absolute Gasteiger partial charge is 0.399 e. The summed E-state index contributed by atoms with van der Waals surface area (Å²) in [5.74, 6) is -0.522. The molecule has 2 aromatic carbocycles. The highest BCUT2D eigenvalue weighted by atomic mass is 32.2. The summed E-state index contributed by atoms with van der Waals surface area (Å²) in [5, 5.41) is 25.2. The van der Waals surface area contributed by atoms with Crippen LogP contribution in [0.1, 0.15) is 0 Å². The summed E-state index contributed by atoms with van der Waals surface area (Å²) in [6, 6.07) is 15.5. The number of amides is 1. The Morgan fingerprint density at radius 2 is 1.67 bits per heavy atom. The number of nitrogens with one attached hydrogen (secondary N) is 2. The molecule has 0 aliphatic carbocycles. The van der Waals surface area contributed by atoms with Crippen molar-refractivity contribution in [3.8, 4) is 11.5 Å². The second-order valence-electron chi connectivity index (χ2n) is 4.61. The molecule has 2 rings (SSSR count). The predicted molar refractivity (Wildman–Crippen MR) is 94.7 cm³/mol. The first-order valence-corrected chi connectivity index (χ1v) is 7.63. The van der Waals surface area contributed by atoms with Crippen LogP contribution >= 0.6 is 11.8 Å². The maximum atomic E-state index is 12.1. The van der Waals surface area contributed by atoms with Gasteiger partial charge in [0, 0.05) is 28.2 Å². The minimum atomic E-state index is -0.522. The highest BCUT2D eigenvalue weighted by Crippen LogP contribution is 2.19. The van der Waals surface area contributed by atoms with Gasteiger partial charge in [0.2, 0.25) is 0 Å². The molecule has 0 spiro atoms. The number of hydrogen-bond donors (Lipinski definition) is 3. The lowest BCUT2D eigenvalue weighted by molar-refractivity contribution is -0.112. The molecule has 6 nitrogen and oxygen atoms in total. The molecule has 24 heavy (non-hydrogen) atoms. The van der Waals surface area contributed by atoms with Crippen molar-refractivity contribution >= 4 is 34.7 Å². The van der Waals surface area contributed by atoms with Crippen LogP contribution in [-0.2, 0) is 4.79 Å². The van der Waals surface area contributed by atoms with E-state index in [9.17, 15) is 4.79 Å². The van der Waals surface area contributed by atoms with Crippen LogP contribution in [0.15, 0.2) is 65.2 Å². The lowest BCUT2D eigenvalue weighted by Crippen LogP contribution is -2.14. The third-order valence-corrected chi connectivity index (χ3v) is 3.53. The molecule has 2 aromatic rings. The zero-order valence-electron chi connectivity index (χ0n) is 12.5. The van der Waals surface area contributed by atoms with Crippen LogP contribution < -0.4 is 16.4 Å². The summed E-state index contributed by atoms with van der Waals surface area (Å²) in [6.45, 7) is 0. The molecular formula is C17H13N5OS. The first kappa shape index (κ1) is 16.9. The number of nitrogen functional groups attached to an aromatic ring is 1. The molecule has 0 radical (unpaired) electrons. The SMILES string of the molecule is N#CSc1ccc(N/C=C(/C#N)C(=O)Nc2ccc(N)cc2)cc1. The van der Waals surface area contributed by atoms with Gasteiger partial charge in [-0.15, -0.1) is 0 Å². The molecule has 0 saturated heterocycles. The van der Waals surface area contributed by atoms with E-state index in [1.807, 2.05) is 11.5 Å². The van der Waals surface area contributed by atoms with Gasteiger partial charge in [-0.1, -0.05) is 0 Å². The number of nitrogens with zero attached hydrogens (tertiary/aromatic N) is 2. The van der Waals surface area contributed by atoms with Crippen molar-refractivity contribution in [2.45, 2.75) is 4.90 Å². The van der Waals surface area contributed by atoms with Crippen LogP contribution in [0.2, 0.25) is 0 Å². The molecule has 0 atom stereocenters. The van der Waals surface area contributed by atoms with Crippen molar-refractivity contribution in [1.29, 1.82) is 10.5 Å². The van der Waals surface area contributed by atoms with E-state index in [-0.39, 0.29) is 5.57 Å². The number of rotatable bonds is 5. The Morgan fingerprint density at radius 1 is 1.04 bits per heavy atom. The maximum absolute atomic E-state index is 12.1. The second-order valence-corrected chi connectivity index (χ2v) is 5.47. The van der Waals surface area contributed by atoms with E-state index in [2.05, 4.69) is 10.6 Å². The molecule has 0 saturated carbocycles. The zero-order valence-corrected chi connectivity index (χ0v) is 13.3. The summed E-state index contributed by atoms with van der Waals surface area (Å²) in [7, 11) is 0. The Hall–Kier alpha value is -3.42. The van der Waals surface area contributed by atoms with Crippen LogP contribution in [0, 0.1) is 22.0 Å². The number of thioether (sulfide) groups is 1. The summed E-state index contributed by atoms with van der Waals surface area (Å²) in [6.07, 6.45) is 1.33. The van der Waals surface area contributed by atoms with Gasteiger partial charge in [0.05, 0.1) is 0 Å². The number of benzene rings is 2. The molecule has 0 bridgehead atoms. The Morgan fingerprint density at radius 3 is 2.25 bits per heavy atom. The van der Waals surface area contributed by atoms with Crippen molar-refractivity contribution in [1.82, 2.24) is 0 Å². The number of anilines is 3. The Labute approximate surface area is 143 Å². The number of carbonyl (C=O) groups is 1. The van der Waals surface area contributed by atoms with Crippen molar-refractivity contribution < 1.29 is 4.79 Å². The van der Waals surface area contributed by atoms with E-state index >= 15 is 0 Å². The number of thiocyanates is 1. The maximum Gasteiger partial charge on any atom is 0.267 e. The van der Waals surface area contributed by atoms with Crippen LogP contribution in [0.25, 0.3) is 0 Å². The summed E-state index contributed by atoms with van der Waals surface area (Å²) < 4.78 is 0. The highest BCUT2D eigenvalue weighted by Gasteiger charge is 2.09. The third kappa shape index (κ3) is 4.80. The van der Waals surface area contributed by atoms with E-state index in [1.54, 1.807) is 48.5 Å². The molecule has 7 heteroatoms. The van der Waals surface area contributed by atoms with Gasteiger partial charge in [-0.2, -0.15) is 10.5 Å². The van der Waals surface area contributed by atoms with E-state index in [0.717, 1.165) is 16.7 Å². The lowest BCUT2D eigenvalue weighted by Gasteiger charge is -2.06. The minimum Gasteiger partial charge on any atom is -0.399 e. The van der Waals surface area contributed by atoms with Crippen molar-refractivity contribution in [2.75, 3.05) is 16.4 Å². The van der Waals surface area contributed by atoms with E-state index in [1.165, 1.54) is 6.20 Å². The van der Waals surface area contributed by atoms with Crippen LogP contribution in [0.3, 0.4) is 0 Å². The molecule has 1 amide bonds. The molecule has 0 fully saturated rings. The molecule has 118 valence electrons. The van der Waals surface area contributed by atoms with Crippen LogP contribution in [0.4, 0.5) is 17.1 Å². The smallest absolute Gasteiger partial charge is 0.267 e. The fourth-order valence-corrected chi connectivity index (χ4v) is 2.12. The summed E-state index contributed by atoms with van der Waals surface area (Å²) in [4.78, 5) is 12.9. The molecule has 0 aliphatic heterocycles. The summed E-state index contributed by atoms with van der Waals surface area (Å²) >= 11 is 1.06. The van der Waals surface area contributed by atoms with Gasteiger partial charge >= 0.3 is 0 Å². The van der Waals surface area contributed by atoms with Gasteiger partial charge in [0.15, 0.2) is 0 Å². The fourth-order valence-electron chi connectivity index (χ4n) is 1.74.